The minimum absolute atomic E-state index is 0.0995. The van der Waals surface area contributed by atoms with Crippen molar-refractivity contribution >= 4 is 17.6 Å². The summed E-state index contributed by atoms with van der Waals surface area (Å²) in [5.41, 5.74) is 5.60. The van der Waals surface area contributed by atoms with Gasteiger partial charge in [0.05, 0.1) is 5.02 Å². The van der Waals surface area contributed by atoms with E-state index in [-0.39, 0.29) is 5.02 Å². The summed E-state index contributed by atoms with van der Waals surface area (Å²) in [6, 6.07) is 3.97. The first-order chi connectivity index (χ1) is 7.09. The van der Waals surface area contributed by atoms with Crippen molar-refractivity contribution in [1.82, 2.24) is 5.32 Å². The minimum Gasteiger partial charge on any atom is -0.352 e. The van der Waals surface area contributed by atoms with Gasteiger partial charge in [0.25, 0.3) is 0 Å². The maximum atomic E-state index is 13.0. The highest BCUT2D eigenvalue weighted by Crippen LogP contribution is 2.16. The SMILES string of the molecule is NC(=O)NCC[CH]c1ccc(Cl)c(F)c1. The van der Waals surface area contributed by atoms with Gasteiger partial charge >= 0.3 is 6.03 Å². The molecule has 0 saturated carbocycles. The van der Waals surface area contributed by atoms with Gasteiger partial charge in [0.2, 0.25) is 0 Å². The zero-order chi connectivity index (χ0) is 11.3. The lowest BCUT2D eigenvalue weighted by atomic mass is 10.1. The number of urea groups is 1. The van der Waals surface area contributed by atoms with Crippen LogP contribution in [0.15, 0.2) is 18.2 Å². The average Bonchev–Trinajstić information content (AvgIpc) is 2.18. The molecule has 15 heavy (non-hydrogen) atoms. The van der Waals surface area contributed by atoms with Gasteiger partial charge in [-0.25, -0.2) is 9.18 Å². The molecule has 0 bridgehead atoms. The molecule has 3 N–H and O–H groups in total. The number of benzene rings is 1. The Morgan fingerprint density at radius 1 is 1.60 bits per heavy atom. The number of nitrogens with two attached hydrogens (primary N) is 1. The third-order valence-corrected chi connectivity index (χ3v) is 2.07. The summed E-state index contributed by atoms with van der Waals surface area (Å²) >= 11 is 5.52. The van der Waals surface area contributed by atoms with E-state index in [0.717, 1.165) is 5.56 Å². The number of primary amides is 1. The van der Waals surface area contributed by atoms with Gasteiger partial charge in [-0.15, -0.1) is 0 Å². The van der Waals surface area contributed by atoms with Crippen LogP contribution in [0, 0.1) is 12.2 Å². The molecule has 0 unspecified atom stereocenters. The number of carbonyl (C=O) groups excluding carboxylic acids is 1. The Morgan fingerprint density at radius 2 is 2.33 bits per heavy atom. The van der Waals surface area contributed by atoms with E-state index >= 15 is 0 Å². The number of halogens is 2. The third kappa shape index (κ3) is 4.16. The highest BCUT2D eigenvalue weighted by molar-refractivity contribution is 6.30. The van der Waals surface area contributed by atoms with Crippen molar-refractivity contribution in [2.24, 2.45) is 5.73 Å². The fraction of sp³-hybridized carbons (Fsp3) is 0.200. The van der Waals surface area contributed by atoms with Crippen LogP contribution in [-0.2, 0) is 0 Å². The second kappa shape index (κ2) is 5.56. The molecule has 1 radical (unpaired) electrons. The number of hydrogen-bond acceptors (Lipinski definition) is 1. The molecule has 0 aliphatic rings. The van der Waals surface area contributed by atoms with Gasteiger partial charge in [0.1, 0.15) is 5.82 Å². The van der Waals surface area contributed by atoms with Gasteiger partial charge in [-0.3, -0.25) is 0 Å². The average molecular weight is 230 g/mol. The fourth-order valence-corrected chi connectivity index (χ4v) is 1.19. The molecule has 0 aliphatic heterocycles. The van der Waals surface area contributed by atoms with Crippen molar-refractivity contribution in [3.05, 3.63) is 41.0 Å². The molecule has 3 nitrogen and oxygen atoms in total. The Balaban J connectivity index is 2.38. The number of nitrogens with one attached hydrogen (secondary N) is 1. The Hall–Kier alpha value is -1.29. The molecule has 2 amide bonds. The summed E-state index contributed by atoms with van der Waals surface area (Å²) in [6.45, 7) is 0.430. The van der Waals surface area contributed by atoms with E-state index in [9.17, 15) is 9.18 Å². The van der Waals surface area contributed by atoms with E-state index in [1.807, 2.05) is 0 Å². The summed E-state index contributed by atoms with van der Waals surface area (Å²) < 4.78 is 13.0. The highest BCUT2D eigenvalue weighted by atomic mass is 35.5. The van der Waals surface area contributed by atoms with Crippen molar-refractivity contribution in [2.75, 3.05) is 6.54 Å². The third-order valence-electron chi connectivity index (χ3n) is 1.77. The van der Waals surface area contributed by atoms with Crippen molar-refractivity contribution in [1.29, 1.82) is 0 Å². The van der Waals surface area contributed by atoms with Gasteiger partial charge in [-0.2, -0.15) is 0 Å². The Morgan fingerprint density at radius 3 is 2.93 bits per heavy atom. The smallest absolute Gasteiger partial charge is 0.312 e. The lowest BCUT2D eigenvalue weighted by Gasteiger charge is -2.03. The van der Waals surface area contributed by atoms with Crippen LogP contribution in [-0.4, -0.2) is 12.6 Å². The summed E-state index contributed by atoms with van der Waals surface area (Å²) in [5, 5.41) is 2.53. The molecule has 0 atom stereocenters. The summed E-state index contributed by atoms with van der Waals surface area (Å²) in [6.07, 6.45) is 2.37. The largest absolute Gasteiger partial charge is 0.352 e. The van der Waals surface area contributed by atoms with Gasteiger partial charge in [-0.05, 0) is 30.5 Å². The molecule has 0 aromatic heterocycles. The molecule has 81 valence electrons. The fourth-order valence-electron chi connectivity index (χ4n) is 1.07. The number of hydrogen-bond donors (Lipinski definition) is 2. The summed E-state index contributed by atoms with van der Waals surface area (Å²) in [7, 11) is 0. The Labute approximate surface area is 92.4 Å². The number of rotatable bonds is 4. The zero-order valence-electron chi connectivity index (χ0n) is 7.97. The van der Waals surface area contributed by atoms with Crippen LogP contribution in [0.25, 0.3) is 0 Å². The summed E-state index contributed by atoms with van der Waals surface area (Å²) in [5.74, 6) is -0.451. The Bertz CT molecular complexity index is 357. The molecule has 0 heterocycles. The maximum absolute atomic E-state index is 13.0. The first-order valence-corrected chi connectivity index (χ1v) is 4.79. The quantitative estimate of drug-likeness (QED) is 0.764. The molecular weight excluding hydrogens is 219 g/mol. The lowest BCUT2D eigenvalue weighted by molar-refractivity contribution is 0.249. The number of amides is 2. The van der Waals surface area contributed by atoms with E-state index < -0.39 is 11.8 Å². The van der Waals surface area contributed by atoms with E-state index in [4.69, 9.17) is 17.3 Å². The van der Waals surface area contributed by atoms with Crippen LogP contribution in [0.5, 0.6) is 0 Å². The van der Waals surface area contributed by atoms with Gasteiger partial charge < -0.3 is 11.1 Å². The van der Waals surface area contributed by atoms with Crippen LogP contribution in [0.1, 0.15) is 12.0 Å². The monoisotopic (exact) mass is 229 g/mol. The minimum atomic E-state index is -0.564. The van der Waals surface area contributed by atoms with Crippen molar-refractivity contribution in [2.45, 2.75) is 6.42 Å². The molecule has 0 saturated heterocycles. The van der Waals surface area contributed by atoms with Crippen molar-refractivity contribution < 1.29 is 9.18 Å². The predicted molar refractivity (Wildman–Crippen MR) is 57.0 cm³/mol. The van der Waals surface area contributed by atoms with Crippen LogP contribution >= 0.6 is 11.6 Å². The zero-order valence-corrected chi connectivity index (χ0v) is 8.72. The van der Waals surface area contributed by atoms with Crippen LogP contribution in [0.3, 0.4) is 0 Å². The van der Waals surface area contributed by atoms with E-state index in [0.29, 0.717) is 13.0 Å². The van der Waals surface area contributed by atoms with Crippen LogP contribution in [0.4, 0.5) is 9.18 Å². The number of carbonyl (C=O) groups is 1. The lowest BCUT2D eigenvalue weighted by Crippen LogP contribution is -2.30. The molecule has 1 rings (SSSR count). The molecule has 0 fully saturated rings. The van der Waals surface area contributed by atoms with E-state index in [2.05, 4.69) is 5.32 Å². The van der Waals surface area contributed by atoms with Crippen molar-refractivity contribution in [3.8, 4) is 0 Å². The first kappa shape index (κ1) is 11.8. The molecule has 1 aromatic rings. The second-order valence-electron chi connectivity index (χ2n) is 2.96. The second-order valence-corrected chi connectivity index (χ2v) is 3.36. The van der Waals surface area contributed by atoms with Crippen LogP contribution < -0.4 is 11.1 Å². The van der Waals surface area contributed by atoms with E-state index in [1.54, 1.807) is 12.5 Å². The molecule has 1 aromatic carbocycles. The van der Waals surface area contributed by atoms with Gasteiger partial charge in [0.15, 0.2) is 0 Å². The molecule has 5 heteroatoms. The molecular formula is C10H11ClFN2O. The first-order valence-electron chi connectivity index (χ1n) is 4.41. The molecule has 0 spiro atoms. The van der Waals surface area contributed by atoms with Gasteiger partial charge in [0, 0.05) is 6.54 Å². The van der Waals surface area contributed by atoms with E-state index in [1.165, 1.54) is 12.1 Å². The highest BCUT2D eigenvalue weighted by Gasteiger charge is 2.01. The van der Waals surface area contributed by atoms with Crippen LogP contribution in [0.2, 0.25) is 5.02 Å². The Kier molecular flexibility index (Phi) is 4.37. The topological polar surface area (TPSA) is 55.1 Å². The summed E-state index contributed by atoms with van der Waals surface area (Å²) in [4.78, 5) is 10.3. The predicted octanol–water partition coefficient (Wildman–Crippen LogP) is 2.09. The standard InChI is InChI=1S/C10H11ClFN2O/c11-8-4-3-7(6-9(8)12)2-1-5-14-10(13)15/h2-4,6H,1,5H2,(H3,13,14,15). The van der Waals surface area contributed by atoms with Crippen molar-refractivity contribution in [3.63, 3.8) is 0 Å². The van der Waals surface area contributed by atoms with Gasteiger partial charge in [-0.1, -0.05) is 17.7 Å². The molecule has 0 aliphatic carbocycles. The maximum Gasteiger partial charge on any atom is 0.312 e. The normalized spacial score (nSPS) is 10.0.